The summed E-state index contributed by atoms with van der Waals surface area (Å²) < 4.78 is 1.12. The van der Waals surface area contributed by atoms with Crippen molar-refractivity contribution in [1.82, 2.24) is 0 Å². The van der Waals surface area contributed by atoms with E-state index in [-0.39, 0.29) is 0 Å². The summed E-state index contributed by atoms with van der Waals surface area (Å²) in [5.41, 5.74) is 0. The van der Waals surface area contributed by atoms with E-state index in [1.54, 1.807) is 0 Å². The molecule has 0 aliphatic heterocycles. The van der Waals surface area contributed by atoms with Crippen LogP contribution in [0, 0.1) is 0 Å². The van der Waals surface area contributed by atoms with Crippen LogP contribution in [0.4, 0.5) is 0 Å². The molecule has 0 bridgehead atoms. The second-order valence-corrected chi connectivity index (χ2v) is 5.23. The van der Waals surface area contributed by atoms with Gasteiger partial charge in [-0.2, -0.15) is 0 Å². The van der Waals surface area contributed by atoms with E-state index in [1.807, 2.05) is 0 Å². The molecule has 92 valence electrons. The smallest absolute Gasteiger partial charge is 0.0783 e. The zero-order chi connectivity index (χ0) is 11.6. The van der Waals surface area contributed by atoms with Crippen molar-refractivity contribution in [2.24, 2.45) is 0 Å². The number of aliphatic hydroxyl groups excluding tert-OH is 1. The highest BCUT2D eigenvalue weighted by Crippen LogP contribution is 2.08. The predicted octanol–water partition coefficient (Wildman–Crippen LogP) is 2.81. The van der Waals surface area contributed by atoms with Crippen molar-refractivity contribution >= 4 is 0 Å². The quantitative estimate of drug-likeness (QED) is 0.440. The summed E-state index contributed by atoms with van der Waals surface area (Å²) in [6.07, 6.45) is 8.96. The summed E-state index contributed by atoms with van der Waals surface area (Å²) >= 11 is 0. The Bertz CT molecular complexity index is 134. The van der Waals surface area contributed by atoms with E-state index in [4.69, 9.17) is 5.11 Å². The first-order chi connectivity index (χ1) is 7.12. The normalized spacial score (nSPS) is 12.0. The number of unbranched alkanes of at least 4 members (excludes halogenated alkanes) is 5. The number of aliphatic hydroxyl groups is 1. The van der Waals surface area contributed by atoms with Gasteiger partial charge in [0.25, 0.3) is 0 Å². The molecule has 0 aromatic carbocycles. The second-order valence-electron chi connectivity index (χ2n) is 5.23. The molecule has 0 fully saturated rings. The molecule has 2 nitrogen and oxygen atoms in total. The number of rotatable bonds is 10. The molecule has 0 aliphatic rings. The van der Waals surface area contributed by atoms with Gasteiger partial charge in [0, 0.05) is 6.61 Å². The molecule has 0 radical (unpaired) electrons. The lowest BCUT2D eigenvalue weighted by molar-refractivity contribution is -0.890. The highest BCUT2D eigenvalue weighted by atomic mass is 16.2. The van der Waals surface area contributed by atoms with Gasteiger partial charge in [-0.1, -0.05) is 26.2 Å². The van der Waals surface area contributed by atoms with Gasteiger partial charge in [0.2, 0.25) is 0 Å². The van der Waals surface area contributed by atoms with Crippen molar-refractivity contribution in [3.05, 3.63) is 0 Å². The molecule has 0 aromatic heterocycles. The van der Waals surface area contributed by atoms with Crippen molar-refractivity contribution in [2.45, 2.75) is 51.9 Å². The average molecular weight is 216 g/mol. The van der Waals surface area contributed by atoms with E-state index in [2.05, 4.69) is 21.0 Å². The Morgan fingerprint density at radius 2 is 1.33 bits per heavy atom. The average Bonchev–Trinajstić information content (AvgIpc) is 2.17. The number of hydrogen-bond donors (Lipinski definition) is 1. The van der Waals surface area contributed by atoms with Crippen molar-refractivity contribution in [1.29, 1.82) is 0 Å². The van der Waals surface area contributed by atoms with E-state index >= 15 is 0 Å². The van der Waals surface area contributed by atoms with Crippen LogP contribution in [0.25, 0.3) is 0 Å². The molecule has 0 atom stereocenters. The summed E-state index contributed by atoms with van der Waals surface area (Å²) in [6, 6.07) is 0. The maximum absolute atomic E-state index is 8.73. The molecular weight excluding hydrogens is 186 g/mol. The summed E-state index contributed by atoms with van der Waals surface area (Å²) in [5.74, 6) is 0. The molecule has 0 saturated heterocycles. The van der Waals surface area contributed by atoms with E-state index < -0.39 is 0 Å². The van der Waals surface area contributed by atoms with Crippen LogP contribution >= 0.6 is 0 Å². The fraction of sp³-hybridized carbons (Fsp3) is 1.00. The van der Waals surface area contributed by atoms with Gasteiger partial charge in [-0.25, -0.2) is 0 Å². The molecule has 2 heteroatoms. The standard InChI is InChI=1S/C13H30NO/c1-4-5-6-7-8-11-14(2,3)12-9-10-13-15/h15H,4-13H2,1-3H3/q+1. The first-order valence-electron chi connectivity index (χ1n) is 6.55. The van der Waals surface area contributed by atoms with Gasteiger partial charge < -0.3 is 9.59 Å². The van der Waals surface area contributed by atoms with E-state index in [1.165, 1.54) is 45.2 Å². The predicted molar refractivity (Wildman–Crippen MR) is 66.9 cm³/mol. The SMILES string of the molecule is CCCCCCC[N+](C)(C)CCCCO. The highest BCUT2D eigenvalue weighted by molar-refractivity contribution is 4.44. The molecule has 0 aliphatic carbocycles. The first-order valence-corrected chi connectivity index (χ1v) is 6.55. The minimum absolute atomic E-state index is 0.344. The van der Waals surface area contributed by atoms with Crippen LogP contribution in [0.3, 0.4) is 0 Å². The van der Waals surface area contributed by atoms with Crippen molar-refractivity contribution in [3.8, 4) is 0 Å². The number of hydrogen-bond acceptors (Lipinski definition) is 1. The number of nitrogens with zero attached hydrogens (tertiary/aromatic N) is 1. The monoisotopic (exact) mass is 216 g/mol. The maximum Gasteiger partial charge on any atom is 0.0783 e. The molecule has 1 N–H and O–H groups in total. The Morgan fingerprint density at radius 1 is 0.800 bits per heavy atom. The van der Waals surface area contributed by atoms with Crippen LogP contribution in [0.2, 0.25) is 0 Å². The fourth-order valence-electron chi connectivity index (χ4n) is 1.91. The molecule has 0 rings (SSSR count). The molecular formula is C13H30NO+. The molecule has 0 spiro atoms. The Morgan fingerprint density at radius 3 is 1.87 bits per heavy atom. The van der Waals surface area contributed by atoms with Gasteiger partial charge in [-0.3, -0.25) is 0 Å². The molecule has 0 saturated carbocycles. The first kappa shape index (κ1) is 14.9. The fourth-order valence-corrected chi connectivity index (χ4v) is 1.91. The Labute approximate surface area is 95.9 Å². The minimum Gasteiger partial charge on any atom is -0.396 e. The Hall–Kier alpha value is -0.0800. The summed E-state index contributed by atoms with van der Waals surface area (Å²) in [5, 5.41) is 8.73. The number of quaternary nitrogens is 1. The van der Waals surface area contributed by atoms with E-state index in [9.17, 15) is 0 Å². The lowest BCUT2D eigenvalue weighted by atomic mass is 10.1. The summed E-state index contributed by atoms with van der Waals surface area (Å²) in [7, 11) is 4.61. The highest BCUT2D eigenvalue weighted by Gasteiger charge is 2.13. The van der Waals surface area contributed by atoms with Crippen LogP contribution in [-0.2, 0) is 0 Å². The largest absolute Gasteiger partial charge is 0.396 e. The van der Waals surface area contributed by atoms with Crippen molar-refractivity contribution in [2.75, 3.05) is 33.8 Å². The molecule has 0 heterocycles. The van der Waals surface area contributed by atoms with Crippen LogP contribution in [0.5, 0.6) is 0 Å². The van der Waals surface area contributed by atoms with Gasteiger partial charge in [-0.15, -0.1) is 0 Å². The van der Waals surface area contributed by atoms with Gasteiger partial charge in [0.05, 0.1) is 27.2 Å². The second kappa shape index (κ2) is 9.17. The minimum atomic E-state index is 0.344. The van der Waals surface area contributed by atoms with Crippen LogP contribution in [0.15, 0.2) is 0 Å². The lowest BCUT2D eigenvalue weighted by Crippen LogP contribution is -2.41. The molecule has 0 unspecified atom stereocenters. The summed E-state index contributed by atoms with van der Waals surface area (Å²) in [6.45, 7) is 5.09. The van der Waals surface area contributed by atoms with Crippen LogP contribution < -0.4 is 0 Å². The zero-order valence-corrected chi connectivity index (χ0v) is 11.0. The molecule has 0 amide bonds. The lowest BCUT2D eigenvalue weighted by Gasteiger charge is -2.29. The van der Waals surface area contributed by atoms with Gasteiger partial charge in [0.15, 0.2) is 0 Å². The topological polar surface area (TPSA) is 20.2 Å². The summed E-state index contributed by atoms with van der Waals surface area (Å²) in [4.78, 5) is 0. The third kappa shape index (κ3) is 10.2. The van der Waals surface area contributed by atoms with Crippen molar-refractivity contribution in [3.63, 3.8) is 0 Å². The van der Waals surface area contributed by atoms with E-state index in [0.29, 0.717) is 6.61 Å². The van der Waals surface area contributed by atoms with Gasteiger partial charge >= 0.3 is 0 Å². The van der Waals surface area contributed by atoms with Crippen molar-refractivity contribution < 1.29 is 9.59 Å². The van der Waals surface area contributed by atoms with Crippen LogP contribution in [0.1, 0.15) is 51.9 Å². The maximum atomic E-state index is 8.73. The van der Waals surface area contributed by atoms with Crippen LogP contribution in [-0.4, -0.2) is 43.4 Å². The molecule has 0 aromatic rings. The van der Waals surface area contributed by atoms with Gasteiger partial charge in [-0.05, 0) is 25.7 Å². The third-order valence-electron chi connectivity index (χ3n) is 3.04. The Balaban J connectivity index is 3.38. The third-order valence-corrected chi connectivity index (χ3v) is 3.04. The zero-order valence-electron chi connectivity index (χ0n) is 11.0. The Kier molecular flexibility index (Phi) is 9.12. The van der Waals surface area contributed by atoms with Gasteiger partial charge in [0.1, 0.15) is 0 Å². The van der Waals surface area contributed by atoms with E-state index in [0.717, 1.165) is 17.3 Å². The molecule has 15 heavy (non-hydrogen) atoms.